The van der Waals surface area contributed by atoms with Crippen LogP contribution >= 0.6 is 0 Å². The highest BCUT2D eigenvalue weighted by atomic mass is 32.2. The summed E-state index contributed by atoms with van der Waals surface area (Å²) in [5.74, 6) is 0.178. The van der Waals surface area contributed by atoms with E-state index in [4.69, 9.17) is 4.74 Å². The van der Waals surface area contributed by atoms with E-state index in [2.05, 4.69) is 15.3 Å². The highest BCUT2D eigenvalue weighted by Crippen LogP contribution is 2.21. The second kappa shape index (κ2) is 8.66. The SMILES string of the molecule is COCCS(=O)(=O)c1ccc(C(=O)Nc2ccc(-c3cn4cccnc4n3)cc2)cc1. The Labute approximate surface area is 179 Å². The zero-order valence-corrected chi connectivity index (χ0v) is 17.5. The number of nitrogens with zero attached hydrogens (tertiary/aromatic N) is 3. The molecule has 0 aliphatic carbocycles. The molecule has 0 radical (unpaired) electrons. The zero-order chi connectivity index (χ0) is 21.8. The molecule has 0 bridgehead atoms. The summed E-state index contributed by atoms with van der Waals surface area (Å²) < 4.78 is 31.0. The van der Waals surface area contributed by atoms with Gasteiger partial charge in [0.05, 0.1) is 22.9 Å². The van der Waals surface area contributed by atoms with Crippen LogP contribution in [0, 0.1) is 0 Å². The van der Waals surface area contributed by atoms with Crippen LogP contribution in [0.3, 0.4) is 0 Å². The van der Waals surface area contributed by atoms with Crippen LogP contribution in [0.15, 0.2) is 78.1 Å². The van der Waals surface area contributed by atoms with Gasteiger partial charge in [0.2, 0.25) is 5.78 Å². The Kier molecular flexibility index (Phi) is 5.79. The van der Waals surface area contributed by atoms with Crippen LogP contribution in [0.4, 0.5) is 5.69 Å². The number of carbonyl (C=O) groups is 1. The smallest absolute Gasteiger partial charge is 0.255 e. The van der Waals surface area contributed by atoms with E-state index in [9.17, 15) is 13.2 Å². The summed E-state index contributed by atoms with van der Waals surface area (Å²) in [6.07, 6.45) is 5.45. The molecule has 0 aliphatic heterocycles. The number of ether oxygens (including phenoxy) is 1. The first-order valence-electron chi connectivity index (χ1n) is 9.49. The number of rotatable bonds is 7. The number of amides is 1. The van der Waals surface area contributed by atoms with E-state index in [0.29, 0.717) is 17.0 Å². The molecule has 1 N–H and O–H groups in total. The molecule has 31 heavy (non-hydrogen) atoms. The third-order valence-corrected chi connectivity index (χ3v) is 6.40. The maximum absolute atomic E-state index is 12.5. The Morgan fingerprint density at radius 1 is 1.10 bits per heavy atom. The minimum Gasteiger partial charge on any atom is -0.384 e. The van der Waals surface area contributed by atoms with Crippen molar-refractivity contribution in [2.45, 2.75) is 4.90 Å². The Balaban J connectivity index is 1.45. The molecule has 4 rings (SSSR count). The van der Waals surface area contributed by atoms with Gasteiger partial charge in [0, 0.05) is 42.5 Å². The molecule has 158 valence electrons. The molecule has 8 nitrogen and oxygen atoms in total. The molecule has 0 spiro atoms. The fourth-order valence-electron chi connectivity index (χ4n) is 3.02. The van der Waals surface area contributed by atoms with Gasteiger partial charge in [-0.15, -0.1) is 0 Å². The standard InChI is InChI=1S/C22H20N4O4S/c1-30-13-14-31(28,29)19-9-5-17(6-10-19)21(27)24-18-7-3-16(4-8-18)20-15-26-12-2-11-23-22(26)25-20/h2-12,15H,13-14H2,1H3,(H,24,27). The van der Waals surface area contributed by atoms with Crippen molar-refractivity contribution in [1.29, 1.82) is 0 Å². The molecule has 0 atom stereocenters. The van der Waals surface area contributed by atoms with Gasteiger partial charge in [-0.1, -0.05) is 12.1 Å². The van der Waals surface area contributed by atoms with Crippen molar-refractivity contribution in [3.05, 3.63) is 78.8 Å². The number of nitrogens with one attached hydrogen (secondary N) is 1. The van der Waals surface area contributed by atoms with Gasteiger partial charge in [-0.2, -0.15) is 0 Å². The van der Waals surface area contributed by atoms with Crippen LogP contribution in [0.5, 0.6) is 0 Å². The van der Waals surface area contributed by atoms with Crippen LogP contribution in [0.25, 0.3) is 17.0 Å². The van der Waals surface area contributed by atoms with Crippen molar-refractivity contribution in [3.63, 3.8) is 0 Å². The summed E-state index contributed by atoms with van der Waals surface area (Å²) in [6, 6.07) is 15.0. The lowest BCUT2D eigenvalue weighted by Gasteiger charge is -2.08. The highest BCUT2D eigenvalue weighted by Gasteiger charge is 2.15. The average Bonchev–Trinajstić information content (AvgIpc) is 3.22. The number of aromatic nitrogens is 3. The summed E-state index contributed by atoms with van der Waals surface area (Å²) >= 11 is 0. The Bertz CT molecular complexity index is 1280. The van der Waals surface area contributed by atoms with Crippen molar-refractivity contribution in [2.24, 2.45) is 0 Å². The summed E-state index contributed by atoms with van der Waals surface area (Å²) in [5.41, 5.74) is 2.66. The minimum atomic E-state index is -3.43. The predicted molar refractivity (Wildman–Crippen MR) is 117 cm³/mol. The van der Waals surface area contributed by atoms with Gasteiger partial charge in [0.25, 0.3) is 5.91 Å². The molecule has 0 fully saturated rings. The summed E-state index contributed by atoms with van der Waals surface area (Å²) in [5, 5.41) is 2.81. The fraction of sp³-hybridized carbons (Fsp3) is 0.136. The molecule has 1 amide bonds. The molecular weight excluding hydrogens is 416 g/mol. The van der Waals surface area contributed by atoms with Crippen LogP contribution < -0.4 is 5.32 Å². The molecule has 0 saturated carbocycles. The van der Waals surface area contributed by atoms with Crippen LogP contribution in [-0.4, -0.2) is 48.2 Å². The number of methoxy groups -OCH3 is 1. The summed E-state index contributed by atoms with van der Waals surface area (Å²) in [4.78, 5) is 21.4. The van der Waals surface area contributed by atoms with Gasteiger partial charge in [-0.3, -0.25) is 9.20 Å². The summed E-state index contributed by atoms with van der Waals surface area (Å²) in [6.45, 7) is 0.117. The fourth-order valence-corrected chi connectivity index (χ4v) is 4.19. The maximum atomic E-state index is 12.5. The van der Waals surface area contributed by atoms with Crippen LogP contribution in [0.1, 0.15) is 10.4 Å². The number of carbonyl (C=O) groups excluding carboxylic acids is 1. The van der Waals surface area contributed by atoms with Gasteiger partial charge >= 0.3 is 0 Å². The van der Waals surface area contributed by atoms with E-state index in [1.54, 1.807) is 18.3 Å². The number of sulfone groups is 1. The van der Waals surface area contributed by atoms with E-state index >= 15 is 0 Å². The molecule has 0 unspecified atom stereocenters. The van der Waals surface area contributed by atoms with Gasteiger partial charge in [0.1, 0.15) is 0 Å². The molecule has 9 heteroatoms. The zero-order valence-electron chi connectivity index (χ0n) is 16.7. The summed E-state index contributed by atoms with van der Waals surface area (Å²) in [7, 11) is -1.99. The Hall–Kier alpha value is -3.56. The molecule has 0 aliphatic rings. The monoisotopic (exact) mass is 436 g/mol. The van der Waals surface area contributed by atoms with Crippen LogP contribution in [0.2, 0.25) is 0 Å². The van der Waals surface area contributed by atoms with E-state index in [1.165, 1.54) is 31.4 Å². The van der Waals surface area contributed by atoms with E-state index in [1.807, 2.05) is 35.0 Å². The van der Waals surface area contributed by atoms with E-state index < -0.39 is 9.84 Å². The normalized spacial score (nSPS) is 11.5. The van der Waals surface area contributed by atoms with Crippen molar-refractivity contribution < 1.29 is 17.9 Å². The van der Waals surface area contributed by atoms with Crippen molar-refractivity contribution in [3.8, 4) is 11.3 Å². The van der Waals surface area contributed by atoms with Crippen LogP contribution in [-0.2, 0) is 14.6 Å². The molecule has 2 aromatic heterocycles. The number of hydrogen-bond donors (Lipinski definition) is 1. The maximum Gasteiger partial charge on any atom is 0.255 e. The third kappa shape index (κ3) is 4.62. The van der Waals surface area contributed by atoms with Gasteiger partial charge in [-0.25, -0.2) is 18.4 Å². The quantitative estimate of drug-likeness (QED) is 0.478. The molecule has 2 aromatic carbocycles. The first kappa shape index (κ1) is 20.7. The largest absolute Gasteiger partial charge is 0.384 e. The average molecular weight is 436 g/mol. The van der Waals surface area contributed by atoms with Crippen molar-refractivity contribution in [2.75, 3.05) is 24.8 Å². The van der Waals surface area contributed by atoms with E-state index in [-0.39, 0.29) is 23.2 Å². The van der Waals surface area contributed by atoms with Gasteiger partial charge in [-0.05, 0) is 42.5 Å². The second-order valence-electron chi connectivity index (χ2n) is 6.82. The van der Waals surface area contributed by atoms with Crippen molar-refractivity contribution in [1.82, 2.24) is 14.4 Å². The molecular formula is C22H20N4O4S. The van der Waals surface area contributed by atoms with Crippen molar-refractivity contribution >= 4 is 27.2 Å². The lowest BCUT2D eigenvalue weighted by Crippen LogP contribution is -2.14. The number of benzene rings is 2. The molecule has 4 aromatic rings. The topological polar surface area (TPSA) is 103 Å². The van der Waals surface area contributed by atoms with Gasteiger partial charge in [0.15, 0.2) is 9.84 Å². The number of imidazole rings is 1. The van der Waals surface area contributed by atoms with E-state index in [0.717, 1.165) is 11.3 Å². The second-order valence-corrected chi connectivity index (χ2v) is 8.93. The van der Waals surface area contributed by atoms with Gasteiger partial charge < -0.3 is 10.1 Å². The third-order valence-electron chi connectivity index (χ3n) is 4.71. The molecule has 2 heterocycles. The minimum absolute atomic E-state index is 0.107. The lowest BCUT2D eigenvalue weighted by atomic mass is 10.1. The predicted octanol–water partition coefficient (Wildman–Crippen LogP) is 3.07. The Morgan fingerprint density at radius 2 is 1.84 bits per heavy atom. The number of hydrogen-bond acceptors (Lipinski definition) is 6. The lowest BCUT2D eigenvalue weighted by molar-refractivity contribution is 0.102. The molecule has 0 saturated heterocycles. The first-order chi connectivity index (χ1) is 15.0. The highest BCUT2D eigenvalue weighted by molar-refractivity contribution is 7.91. The Morgan fingerprint density at radius 3 is 2.52 bits per heavy atom. The number of fused-ring (bicyclic) bond motifs is 1. The first-order valence-corrected chi connectivity index (χ1v) is 11.1. The number of anilines is 1.